The van der Waals surface area contributed by atoms with Crippen LogP contribution in [-0.4, -0.2) is 9.78 Å². The Labute approximate surface area is 118 Å². The zero-order valence-electron chi connectivity index (χ0n) is 10.4. The molecule has 0 saturated heterocycles. The third-order valence-electron chi connectivity index (χ3n) is 2.49. The molecule has 19 heavy (non-hydrogen) atoms. The highest BCUT2D eigenvalue weighted by Crippen LogP contribution is 2.29. The standard InChI is InChI=1S/C13H13BrF2N2O/c1-2-3-18-8-10(7-17-18)19-13-11(15)4-9(6-14)5-12(13)16/h4-5,7-8H,2-3,6H2,1H3. The maximum atomic E-state index is 13.7. The number of halogens is 3. The number of alkyl halides is 1. The molecule has 1 aromatic heterocycles. The highest BCUT2D eigenvalue weighted by atomic mass is 79.9. The van der Waals surface area contributed by atoms with Gasteiger partial charge in [0.05, 0.1) is 12.4 Å². The van der Waals surface area contributed by atoms with Gasteiger partial charge in [-0.05, 0) is 24.1 Å². The Morgan fingerprint density at radius 2 is 2.00 bits per heavy atom. The molecular formula is C13H13BrF2N2O. The van der Waals surface area contributed by atoms with E-state index in [1.165, 1.54) is 18.3 Å². The molecule has 0 atom stereocenters. The van der Waals surface area contributed by atoms with Gasteiger partial charge in [0.25, 0.3) is 0 Å². The molecule has 0 spiro atoms. The van der Waals surface area contributed by atoms with E-state index < -0.39 is 17.4 Å². The molecule has 3 nitrogen and oxygen atoms in total. The van der Waals surface area contributed by atoms with E-state index in [1.54, 1.807) is 10.9 Å². The lowest BCUT2D eigenvalue weighted by atomic mass is 10.2. The summed E-state index contributed by atoms with van der Waals surface area (Å²) in [5.74, 6) is -1.53. The van der Waals surface area contributed by atoms with E-state index in [9.17, 15) is 8.78 Å². The number of rotatable bonds is 5. The highest BCUT2D eigenvalue weighted by Gasteiger charge is 2.14. The normalized spacial score (nSPS) is 10.7. The number of hydrogen-bond acceptors (Lipinski definition) is 2. The van der Waals surface area contributed by atoms with E-state index in [-0.39, 0.29) is 0 Å². The third kappa shape index (κ3) is 3.32. The fraction of sp³-hybridized carbons (Fsp3) is 0.308. The van der Waals surface area contributed by atoms with Crippen LogP contribution in [0.1, 0.15) is 18.9 Å². The van der Waals surface area contributed by atoms with Crippen LogP contribution in [0.15, 0.2) is 24.5 Å². The maximum absolute atomic E-state index is 13.7. The summed E-state index contributed by atoms with van der Waals surface area (Å²) in [7, 11) is 0. The smallest absolute Gasteiger partial charge is 0.198 e. The van der Waals surface area contributed by atoms with Gasteiger partial charge in [-0.1, -0.05) is 22.9 Å². The van der Waals surface area contributed by atoms with Crippen LogP contribution in [0.5, 0.6) is 11.5 Å². The Bertz CT molecular complexity index is 549. The number of hydrogen-bond donors (Lipinski definition) is 0. The monoisotopic (exact) mass is 330 g/mol. The summed E-state index contributed by atoms with van der Waals surface area (Å²) in [6.45, 7) is 2.75. The second-order valence-electron chi connectivity index (χ2n) is 4.06. The van der Waals surface area contributed by atoms with Crippen molar-refractivity contribution in [2.24, 2.45) is 0 Å². The van der Waals surface area contributed by atoms with Crippen molar-refractivity contribution in [3.8, 4) is 11.5 Å². The molecule has 0 aliphatic heterocycles. The van der Waals surface area contributed by atoms with E-state index in [4.69, 9.17) is 4.74 Å². The molecule has 0 amide bonds. The Hall–Kier alpha value is -1.43. The Balaban J connectivity index is 2.22. The van der Waals surface area contributed by atoms with Crippen LogP contribution in [-0.2, 0) is 11.9 Å². The zero-order valence-corrected chi connectivity index (χ0v) is 12.0. The first-order chi connectivity index (χ1) is 9.13. The van der Waals surface area contributed by atoms with Crippen molar-refractivity contribution in [1.29, 1.82) is 0 Å². The Morgan fingerprint density at radius 3 is 2.58 bits per heavy atom. The molecule has 0 unspecified atom stereocenters. The van der Waals surface area contributed by atoms with E-state index >= 15 is 0 Å². The number of ether oxygens (including phenoxy) is 1. The topological polar surface area (TPSA) is 27.1 Å². The molecule has 0 fully saturated rings. The summed E-state index contributed by atoms with van der Waals surface area (Å²) in [5.41, 5.74) is 0.518. The number of aryl methyl sites for hydroxylation is 1. The van der Waals surface area contributed by atoms with Crippen LogP contribution in [0.25, 0.3) is 0 Å². The summed E-state index contributed by atoms with van der Waals surface area (Å²) < 4.78 is 34.3. The van der Waals surface area contributed by atoms with Gasteiger partial charge in [-0.15, -0.1) is 0 Å². The van der Waals surface area contributed by atoms with E-state index in [0.717, 1.165) is 13.0 Å². The van der Waals surface area contributed by atoms with Crippen LogP contribution >= 0.6 is 15.9 Å². The molecular weight excluding hydrogens is 318 g/mol. The molecule has 0 N–H and O–H groups in total. The van der Waals surface area contributed by atoms with Gasteiger partial charge in [-0.25, -0.2) is 8.78 Å². The van der Waals surface area contributed by atoms with Crippen molar-refractivity contribution in [1.82, 2.24) is 9.78 Å². The molecule has 6 heteroatoms. The van der Waals surface area contributed by atoms with Crippen molar-refractivity contribution in [2.45, 2.75) is 25.2 Å². The van der Waals surface area contributed by atoms with E-state index in [1.807, 2.05) is 6.92 Å². The summed E-state index contributed by atoms with van der Waals surface area (Å²) >= 11 is 3.15. The molecule has 0 aliphatic rings. The predicted octanol–water partition coefficient (Wildman–Crippen LogP) is 4.26. The Kier molecular flexibility index (Phi) is 4.52. The van der Waals surface area contributed by atoms with E-state index in [0.29, 0.717) is 16.6 Å². The largest absolute Gasteiger partial charge is 0.448 e. The summed E-state index contributed by atoms with van der Waals surface area (Å²) in [6, 6.07) is 2.48. The second-order valence-corrected chi connectivity index (χ2v) is 4.62. The average molecular weight is 331 g/mol. The maximum Gasteiger partial charge on any atom is 0.198 e. The fourth-order valence-electron chi connectivity index (χ4n) is 1.65. The quantitative estimate of drug-likeness (QED) is 0.766. The first-order valence-electron chi connectivity index (χ1n) is 5.88. The van der Waals surface area contributed by atoms with Crippen LogP contribution in [0.3, 0.4) is 0 Å². The van der Waals surface area contributed by atoms with Gasteiger partial charge in [0.2, 0.25) is 0 Å². The molecule has 0 bridgehead atoms. The highest BCUT2D eigenvalue weighted by molar-refractivity contribution is 9.08. The predicted molar refractivity (Wildman–Crippen MR) is 71.6 cm³/mol. The van der Waals surface area contributed by atoms with Gasteiger partial charge in [-0.2, -0.15) is 5.10 Å². The minimum absolute atomic E-state index is 0.317. The molecule has 0 aliphatic carbocycles. The first-order valence-corrected chi connectivity index (χ1v) is 7.00. The molecule has 0 radical (unpaired) electrons. The van der Waals surface area contributed by atoms with Gasteiger partial charge in [0.1, 0.15) is 0 Å². The fourth-order valence-corrected chi connectivity index (χ4v) is 1.98. The zero-order chi connectivity index (χ0) is 13.8. The van der Waals surface area contributed by atoms with Crippen LogP contribution in [0.4, 0.5) is 8.78 Å². The van der Waals surface area contributed by atoms with Crippen LogP contribution < -0.4 is 4.74 Å². The van der Waals surface area contributed by atoms with Gasteiger partial charge in [-0.3, -0.25) is 4.68 Å². The van der Waals surface area contributed by atoms with Crippen molar-refractivity contribution in [3.05, 3.63) is 41.7 Å². The minimum atomic E-state index is -0.724. The first kappa shape index (κ1) is 14.0. The van der Waals surface area contributed by atoms with Crippen molar-refractivity contribution >= 4 is 15.9 Å². The Morgan fingerprint density at radius 1 is 1.32 bits per heavy atom. The van der Waals surface area contributed by atoms with Crippen molar-refractivity contribution in [2.75, 3.05) is 0 Å². The average Bonchev–Trinajstić information content (AvgIpc) is 2.81. The van der Waals surface area contributed by atoms with E-state index in [2.05, 4.69) is 21.0 Å². The summed E-state index contributed by atoms with van der Waals surface area (Å²) in [5, 5.41) is 4.42. The lowest BCUT2D eigenvalue weighted by molar-refractivity contribution is 0.406. The van der Waals surface area contributed by atoms with Gasteiger partial charge in [0.15, 0.2) is 23.1 Å². The number of nitrogens with zero attached hydrogens (tertiary/aromatic N) is 2. The third-order valence-corrected chi connectivity index (χ3v) is 3.14. The minimum Gasteiger partial charge on any atom is -0.448 e. The molecule has 1 aromatic carbocycles. The lowest BCUT2D eigenvalue weighted by Gasteiger charge is -2.07. The van der Waals surface area contributed by atoms with Crippen molar-refractivity contribution < 1.29 is 13.5 Å². The lowest BCUT2D eigenvalue weighted by Crippen LogP contribution is -1.96. The van der Waals surface area contributed by atoms with Crippen molar-refractivity contribution in [3.63, 3.8) is 0 Å². The van der Waals surface area contributed by atoms with Gasteiger partial charge < -0.3 is 4.74 Å². The molecule has 102 valence electrons. The van der Waals surface area contributed by atoms with Gasteiger partial charge >= 0.3 is 0 Å². The van der Waals surface area contributed by atoms with Gasteiger partial charge in [0, 0.05) is 11.9 Å². The van der Waals surface area contributed by atoms with Crippen LogP contribution in [0, 0.1) is 11.6 Å². The molecule has 2 aromatic rings. The summed E-state index contributed by atoms with van der Waals surface area (Å²) in [4.78, 5) is 0. The SMILES string of the molecule is CCCn1cc(Oc2c(F)cc(CBr)cc2F)cn1. The molecule has 2 rings (SSSR count). The summed E-state index contributed by atoms with van der Waals surface area (Å²) in [6.07, 6.45) is 3.97. The molecule has 0 saturated carbocycles. The molecule has 1 heterocycles. The van der Waals surface area contributed by atoms with Crippen LogP contribution in [0.2, 0.25) is 0 Å². The number of aromatic nitrogens is 2. The second kappa shape index (κ2) is 6.14. The number of benzene rings is 1.